The van der Waals surface area contributed by atoms with Gasteiger partial charge in [0.05, 0.1) is 36.9 Å². The number of benzene rings is 1. The molecular weight excluding hydrogens is 863 g/mol. The minimum absolute atomic E-state index is 0.0605. The van der Waals surface area contributed by atoms with Crippen LogP contribution in [-0.4, -0.2) is 168 Å². The van der Waals surface area contributed by atoms with Gasteiger partial charge in [-0.2, -0.15) is 0 Å². The number of carbonyl (C=O) groups excluding carboxylic acids is 3. The van der Waals surface area contributed by atoms with Crippen molar-refractivity contribution in [1.82, 2.24) is 14.7 Å². The molecule has 3 aliphatic rings. The maximum absolute atomic E-state index is 13.9. The monoisotopic (exact) mass is 948 g/mol. The molecule has 2 fully saturated rings. The van der Waals surface area contributed by atoms with Crippen LogP contribution in [-0.2, 0) is 46.3 Å². The van der Waals surface area contributed by atoms with Gasteiger partial charge in [0.15, 0.2) is 6.29 Å². The second kappa shape index (κ2) is 23.5. The number of nitrogens with zero attached hydrogens (tertiary/aromatic N) is 3. The number of aromatic hydroxyl groups is 1. The molecule has 16 nitrogen and oxygen atoms in total. The first-order valence-corrected chi connectivity index (χ1v) is 24.3. The Labute approximate surface area is 400 Å². The largest absolute Gasteiger partial charge is 0.507 e. The molecule has 0 unspecified atom stereocenters. The number of fused-ring (bicyclic) bond motifs is 1. The second-order valence-corrected chi connectivity index (χ2v) is 20.9. The summed E-state index contributed by atoms with van der Waals surface area (Å²) in [6, 6.07) is -0.869. The fourth-order valence-electron chi connectivity index (χ4n) is 10.7. The molecule has 0 aromatic heterocycles. The van der Waals surface area contributed by atoms with Gasteiger partial charge in [0.1, 0.15) is 48.1 Å². The lowest BCUT2D eigenvalue weighted by Gasteiger charge is -2.50. The minimum Gasteiger partial charge on any atom is -0.507 e. The molecule has 2 saturated heterocycles. The van der Waals surface area contributed by atoms with E-state index in [0.29, 0.717) is 62.1 Å². The van der Waals surface area contributed by atoms with Gasteiger partial charge in [-0.15, -0.1) is 0 Å². The first-order chi connectivity index (χ1) is 31.2. The zero-order chi connectivity index (χ0) is 50.5. The number of phenols is 1. The van der Waals surface area contributed by atoms with Crippen LogP contribution in [0.5, 0.6) is 11.5 Å². The Hall–Kier alpha value is -3.35. The molecule has 0 saturated carbocycles. The number of aliphatic hydroxyl groups is 3. The van der Waals surface area contributed by atoms with Crippen LogP contribution in [0.15, 0.2) is 11.6 Å². The van der Waals surface area contributed by atoms with Gasteiger partial charge in [0.2, 0.25) is 0 Å². The SMILES string of the molecule is CC[C@H]1OC(=O)[C@H](C)[C@@H](C)[C@H](C)[C@@H](O[C@@H]2O[C@H](C)C[C@@H](N(C)CCOC(=O)CC/C(C)=C/Cc3c(O)c4c(c(C)c3OC)COC4=O)[C@@H]2N(C)C)[C@](C)(O)C[C@@H](C)CN(C)[C@H](C)[C@@H](O)[C@]1(C)O. The average molecular weight is 948 g/mol. The summed E-state index contributed by atoms with van der Waals surface area (Å²) in [7, 11) is 9.34. The highest BCUT2D eigenvalue weighted by Crippen LogP contribution is 2.43. The number of likely N-dealkylation sites (N-methyl/N-ethyl adjacent to an activating group) is 3. The molecule has 16 heteroatoms. The minimum atomic E-state index is -1.71. The molecule has 1 aromatic rings. The number of aliphatic hydroxyl groups excluding tert-OH is 1. The fourth-order valence-corrected chi connectivity index (χ4v) is 10.7. The summed E-state index contributed by atoms with van der Waals surface area (Å²) < 4.78 is 36.2. The van der Waals surface area contributed by atoms with Gasteiger partial charge in [0, 0.05) is 42.7 Å². The van der Waals surface area contributed by atoms with Gasteiger partial charge in [-0.3, -0.25) is 14.5 Å². The summed E-state index contributed by atoms with van der Waals surface area (Å²) in [5, 5.41) is 46.6. The molecule has 3 heterocycles. The smallest absolute Gasteiger partial charge is 0.342 e. The number of esters is 3. The zero-order valence-corrected chi connectivity index (χ0v) is 43.4. The molecule has 67 heavy (non-hydrogen) atoms. The van der Waals surface area contributed by atoms with E-state index in [9.17, 15) is 34.8 Å². The van der Waals surface area contributed by atoms with Gasteiger partial charge in [-0.1, -0.05) is 46.3 Å². The number of hydrogen-bond donors (Lipinski definition) is 4. The van der Waals surface area contributed by atoms with E-state index in [4.69, 9.17) is 28.4 Å². The molecule has 0 aliphatic carbocycles. The molecular formula is C51H85N3O13. The van der Waals surface area contributed by atoms with E-state index < -0.39 is 59.7 Å². The van der Waals surface area contributed by atoms with Crippen LogP contribution in [0.1, 0.15) is 128 Å². The van der Waals surface area contributed by atoms with Crippen molar-refractivity contribution in [3.8, 4) is 11.5 Å². The van der Waals surface area contributed by atoms with Crippen LogP contribution < -0.4 is 4.74 Å². The van der Waals surface area contributed by atoms with E-state index >= 15 is 0 Å². The molecule has 4 N–H and O–H groups in total. The Bertz CT molecular complexity index is 1890. The van der Waals surface area contributed by atoms with Gasteiger partial charge in [-0.25, -0.2) is 4.79 Å². The predicted octanol–water partition coefficient (Wildman–Crippen LogP) is 5.40. The standard InChI is InChI=1S/C51H85N3O13/c1-17-39-51(11,61)45(57)35(9)54(15)26-29(3)25-50(10,60)46(32(6)31(5)33(7)47(58)66-39)67-49-42(52(12)13)38(24-30(4)65-49)53(14)22-23-63-40(55)21-19-28(2)18-20-36-43(56)41-37(27-64-48(41)59)34(8)44(36)62-16/h18,29-33,35,38-39,42,45-46,49,56-57,60-61H,17,19-27H2,1-16H3/b28-18+/t29-,30-,31+,32+,33-,35-,38-,39-,42+,45-,46-,49+,50-,51-/m1/s1. The van der Waals surface area contributed by atoms with Crippen LogP contribution in [0.4, 0.5) is 0 Å². The molecule has 1 aromatic carbocycles. The van der Waals surface area contributed by atoms with Gasteiger partial charge < -0.3 is 58.6 Å². The number of cyclic esters (lactones) is 2. The Morgan fingerprint density at radius 2 is 1.69 bits per heavy atom. The van der Waals surface area contributed by atoms with E-state index in [-0.39, 0.29) is 72.9 Å². The van der Waals surface area contributed by atoms with Crippen LogP contribution in [0.2, 0.25) is 0 Å². The Kier molecular flexibility index (Phi) is 19.7. The summed E-state index contributed by atoms with van der Waals surface area (Å²) in [6.07, 6.45) is 0.231. The summed E-state index contributed by atoms with van der Waals surface area (Å²) in [6.45, 7) is 21.7. The first-order valence-electron chi connectivity index (χ1n) is 24.3. The van der Waals surface area contributed by atoms with E-state index in [1.165, 1.54) is 14.0 Å². The van der Waals surface area contributed by atoms with E-state index in [1.54, 1.807) is 13.8 Å². The predicted molar refractivity (Wildman–Crippen MR) is 255 cm³/mol. The molecule has 0 amide bonds. The van der Waals surface area contributed by atoms with Crippen molar-refractivity contribution < 1.29 is 63.2 Å². The van der Waals surface area contributed by atoms with Crippen molar-refractivity contribution in [1.29, 1.82) is 0 Å². The molecule has 0 bridgehead atoms. The van der Waals surface area contributed by atoms with Crippen molar-refractivity contribution >= 4 is 17.9 Å². The number of allylic oxidation sites excluding steroid dienone is 2. The van der Waals surface area contributed by atoms with Gasteiger partial charge in [0.25, 0.3) is 0 Å². The number of phenolic OH excluding ortho intramolecular Hbond substituents is 1. The third kappa shape index (κ3) is 13.1. The molecule has 382 valence electrons. The normalized spacial score (nSPS) is 35.1. The number of rotatable bonds is 14. The Morgan fingerprint density at radius 3 is 2.30 bits per heavy atom. The van der Waals surface area contributed by atoms with Crippen molar-refractivity contribution in [2.75, 3.05) is 55.0 Å². The van der Waals surface area contributed by atoms with Crippen molar-refractivity contribution in [2.24, 2.45) is 23.7 Å². The van der Waals surface area contributed by atoms with E-state index in [1.807, 2.05) is 87.6 Å². The highest BCUT2D eigenvalue weighted by atomic mass is 16.7. The number of carbonyl (C=O) groups is 3. The number of hydrogen-bond acceptors (Lipinski definition) is 16. The summed E-state index contributed by atoms with van der Waals surface area (Å²) in [5.74, 6) is -2.42. The Morgan fingerprint density at radius 1 is 1.03 bits per heavy atom. The average Bonchev–Trinajstić information content (AvgIpc) is 3.66. The quantitative estimate of drug-likeness (QED) is 0.105. The maximum atomic E-state index is 13.9. The lowest BCUT2D eigenvalue weighted by molar-refractivity contribution is -0.285. The molecule has 3 aliphatic heterocycles. The zero-order valence-electron chi connectivity index (χ0n) is 43.4. The topological polar surface area (TPSA) is 197 Å². The lowest BCUT2D eigenvalue weighted by Crippen LogP contribution is -2.63. The first kappa shape index (κ1) is 56.2. The summed E-state index contributed by atoms with van der Waals surface area (Å²) >= 11 is 0. The van der Waals surface area contributed by atoms with Crippen LogP contribution in [0.25, 0.3) is 0 Å². The van der Waals surface area contributed by atoms with Crippen molar-refractivity contribution in [2.45, 2.75) is 181 Å². The highest BCUT2D eigenvalue weighted by Gasteiger charge is 2.50. The lowest BCUT2D eigenvalue weighted by atomic mass is 9.74. The van der Waals surface area contributed by atoms with Crippen molar-refractivity contribution in [3.63, 3.8) is 0 Å². The van der Waals surface area contributed by atoms with Crippen LogP contribution in [0.3, 0.4) is 0 Å². The molecule has 14 atom stereocenters. The van der Waals surface area contributed by atoms with Crippen molar-refractivity contribution in [3.05, 3.63) is 33.9 Å². The molecule has 4 rings (SSSR count). The summed E-state index contributed by atoms with van der Waals surface area (Å²) in [4.78, 5) is 45.4. The number of ether oxygens (including phenoxy) is 6. The van der Waals surface area contributed by atoms with E-state index in [2.05, 4.69) is 16.7 Å². The third-order valence-corrected chi connectivity index (χ3v) is 15.3. The highest BCUT2D eigenvalue weighted by molar-refractivity contribution is 5.98. The van der Waals surface area contributed by atoms with Crippen LogP contribution in [0, 0.1) is 30.6 Å². The summed E-state index contributed by atoms with van der Waals surface area (Å²) in [5.41, 5.74) is -0.113. The maximum Gasteiger partial charge on any atom is 0.342 e. The van der Waals surface area contributed by atoms with E-state index in [0.717, 1.165) is 11.1 Å². The molecule has 0 radical (unpaired) electrons. The second-order valence-electron chi connectivity index (χ2n) is 20.9. The van der Waals surface area contributed by atoms with Gasteiger partial charge in [-0.05, 0) is 125 Å². The Balaban J connectivity index is 1.47. The molecule has 0 spiro atoms. The van der Waals surface area contributed by atoms with Crippen LogP contribution >= 0.6 is 0 Å². The number of methoxy groups -OCH3 is 1. The fraction of sp³-hybridized carbons (Fsp3) is 0.784. The van der Waals surface area contributed by atoms with Gasteiger partial charge >= 0.3 is 17.9 Å². The third-order valence-electron chi connectivity index (χ3n) is 15.3.